The SMILES string of the molecule is Cc1ccc(S(=O)CC(=O)C(C)N(Cc2ccccc2)Cc2ccccc2)cc1. The van der Waals surface area contributed by atoms with E-state index >= 15 is 0 Å². The topological polar surface area (TPSA) is 37.4 Å². The predicted molar refractivity (Wildman–Crippen MR) is 119 cm³/mol. The number of rotatable bonds is 9. The lowest BCUT2D eigenvalue weighted by molar-refractivity contribution is -0.121. The molecule has 2 unspecified atom stereocenters. The Labute approximate surface area is 175 Å². The quantitative estimate of drug-likeness (QED) is 0.515. The minimum Gasteiger partial charge on any atom is -0.297 e. The molecule has 3 nitrogen and oxygen atoms in total. The smallest absolute Gasteiger partial charge is 0.162 e. The van der Waals surface area contributed by atoms with E-state index in [1.807, 2.05) is 74.5 Å². The molecule has 0 aromatic heterocycles. The molecule has 0 aliphatic carbocycles. The Hall–Kier alpha value is -2.56. The third kappa shape index (κ3) is 6.21. The molecule has 0 heterocycles. The van der Waals surface area contributed by atoms with Crippen molar-refractivity contribution in [2.24, 2.45) is 0 Å². The molecule has 0 fully saturated rings. The normalized spacial score (nSPS) is 13.2. The van der Waals surface area contributed by atoms with Gasteiger partial charge in [0.2, 0.25) is 0 Å². The Kier molecular flexibility index (Phi) is 7.50. The zero-order chi connectivity index (χ0) is 20.6. The lowest BCUT2D eigenvalue weighted by Crippen LogP contribution is -2.40. The number of benzene rings is 3. The number of Topliss-reactive ketones (excluding diaryl/α,β-unsaturated/α-hetero) is 1. The van der Waals surface area contributed by atoms with Gasteiger partial charge in [-0.2, -0.15) is 0 Å². The van der Waals surface area contributed by atoms with Crippen LogP contribution in [0.5, 0.6) is 0 Å². The van der Waals surface area contributed by atoms with Crippen LogP contribution in [0, 0.1) is 6.92 Å². The molecule has 3 aromatic rings. The molecule has 3 aromatic carbocycles. The van der Waals surface area contributed by atoms with E-state index in [1.165, 1.54) is 0 Å². The van der Waals surface area contributed by atoms with E-state index in [1.54, 1.807) is 0 Å². The lowest BCUT2D eigenvalue weighted by Gasteiger charge is -2.28. The highest BCUT2D eigenvalue weighted by molar-refractivity contribution is 7.85. The maximum absolute atomic E-state index is 13.0. The van der Waals surface area contributed by atoms with Crippen molar-refractivity contribution in [1.29, 1.82) is 0 Å². The molecule has 0 saturated heterocycles. The van der Waals surface area contributed by atoms with Gasteiger partial charge in [0.05, 0.1) is 22.6 Å². The van der Waals surface area contributed by atoms with Crippen LogP contribution in [0.3, 0.4) is 0 Å². The lowest BCUT2D eigenvalue weighted by atomic mass is 10.1. The summed E-state index contributed by atoms with van der Waals surface area (Å²) in [6.07, 6.45) is 0. The van der Waals surface area contributed by atoms with Gasteiger partial charge in [0.15, 0.2) is 5.78 Å². The van der Waals surface area contributed by atoms with E-state index in [0.29, 0.717) is 18.0 Å². The van der Waals surface area contributed by atoms with Crippen molar-refractivity contribution in [3.05, 3.63) is 102 Å². The van der Waals surface area contributed by atoms with E-state index in [2.05, 4.69) is 29.2 Å². The maximum Gasteiger partial charge on any atom is 0.162 e. The van der Waals surface area contributed by atoms with Crippen molar-refractivity contribution >= 4 is 16.6 Å². The molecule has 150 valence electrons. The predicted octanol–water partition coefficient (Wildman–Crippen LogP) is 4.76. The number of aryl methyl sites for hydroxylation is 1. The molecular formula is C25H27NO2S. The van der Waals surface area contributed by atoms with Crippen LogP contribution in [-0.4, -0.2) is 26.7 Å². The Morgan fingerprint density at radius 2 is 1.31 bits per heavy atom. The fourth-order valence-corrected chi connectivity index (χ4v) is 4.30. The third-order valence-electron chi connectivity index (χ3n) is 5.03. The number of carbonyl (C=O) groups excluding carboxylic acids is 1. The number of carbonyl (C=O) groups is 1. The highest BCUT2D eigenvalue weighted by Crippen LogP contribution is 2.16. The van der Waals surface area contributed by atoms with Crippen molar-refractivity contribution in [1.82, 2.24) is 4.90 Å². The van der Waals surface area contributed by atoms with Gasteiger partial charge in [0.25, 0.3) is 0 Å². The fourth-order valence-electron chi connectivity index (χ4n) is 3.19. The molecule has 0 bridgehead atoms. The summed E-state index contributed by atoms with van der Waals surface area (Å²) in [4.78, 5) is 15.8. The zero-order valence-electron chi connectivity index (χ0n) is 17.0. The van der Waals surface area contributed by atoms with Crippen LogP contribution in [0.2, 0.25) is 0 Å². The number of hydrogen-bond donors (Lipinski definition) is 0. The van der Waals surface area contributed by atoms with Gasteiger partial charge in [0.1, 0.15) is 0 Å². The fraction of sp³-hybridized carbons (Fsp3) is 0.240. The van der Waals surface area contributed by atoms with Crippen molar-refractivity contribution in [3.8, 4) is 0 Å². The number of hydrogen-bond acceptors (Lipinski definition) is 3. The molecule has 0 N–H and O–H groups in total. The van der Waals surface area contributed by atoms with E-state index in [-0.39, 0.29) is 17.6 Å². The summed E-state index contributed by atoms with van der Waals surface area (Å²) in [7, 11) is -1.33. The van der Waals surface area contributed by atoms with Gasteiger partial charge >= 0.3 is 0 Å². The Bertz CT molecular complexity index is 898. The second-order valence-corrected chi connectivity index (χ2v) is 8.77. The number of ketones is 1. The highest BCUT2D eigenvalue weighted by atomic mass is 32.2. The minimum absolute atomic E-state index is 0.00392. The van der Waals surface area contributed by atoms with Gasteiger partial charge in [-0.25, -0.2) is 0 Å². The summed E-state index contributed by atoms with van der Waals surface area (Å²) in [5, 5.41) is 0. The van der Waals surface area contributed by atoms with Crippen LogP contribution in [-0.2, 0) is 28.7 Å². The van der Waals surface area contributed by atoms with Crippen LogP contribution < -0.4 is 0 Å². The molecule has 0 aliphatic rings. The van der Waals surface area contributed by atoms with Crippen molar-refractivity contribution in [3.63, 3.8) is 0 Å². The molecule has 0 spiro atoms. The van der Waals surface area contributed by atoms with Gasteiger partial charge in [-0.05, 0) is 37.1 Å². The molecule has 4 heteroatoms. The molecule has 0 amide bonds. The Balaban J connectivity index is 1.73. The van der Waals surface area contributed by atoms with Crippen molar-refractivity contribution in [2.45, 2.75) is 37.9 Å². The first-order valence-corrected chi connectivity index (χ1v) is 11.1. The molecular weight excluding hydrogens is 378 g/mol. The summed E-state index contributed by atoms with van der Waals surface area (Å²) in [5.74, 6) is 0.0281. The van der Waals surface area contributed by atoms with E-state index in [4.69, 9.17) is 0 Å². The first-order chi connectivity index (χ1) is 14.0. The van der Waals surface area contributed by atoms with E-state index < -0.39 is 10.8 Å². The molecule has 0 saturated carbocycles. The second-order valence-electron chi connectivity index (χ2n) is 7.32. The Morgan fingerprint density at radius 3 is 1.79 bits per heavy atom. The third-order valence-corrected chi connectivity index (χ3v) is 6.37. The summed E-state index contributed by atoms with van der Waals surface area (Å²) >= 11 is 0. The minimum atomic E-state index is -1.33. The van der Waals surface area contributed by atoms with Crippen LogP contribution in [0.4, 0.5) is 0 Å². The standard InChI is InChI=1S/C25H27NO2S/c1-20-13-15-24(16-14-20)29(28)19-25(27)21(2)26(17-22-9-5-3-6-10-22)18-23-11-7-4-8-12-23/h3-16,21H,17-19H2,1-2H3. The first kappa shape index (κ1) is 21.2. The molecule has 0 radical (unpaired) electrons. The van der Waals surface area contributed by atoms with Crippen molar-refractivity contribution < 1.29 is 9.00 Å². The van der Waals surface area contributed by atoms with Crippen LogP contribution in [0.25, 0.3) is 0 Å². The summed E-state index contributed by atoms with van der Waals surface area (Å²) < 4.78 is 12.7. The largest absolute Gasteiger partial charge is 0.297 e. The van der Waals surface area contributed by atoms with Crippen LogP contribution >= 0.6 is 0 Å². The highest BCUT2D eigenvalue weighted by Gasteiger charge is 2.23. The molecule has 2 atom stereocenters. The summed E-state index contributed by atoms with van der Waals surface area (Å²) in [5.41, 5.74) is 3.42. The van der Waals surface area contributed by atoms with Gasteiger partial charge < -0.3 is 0 Å². The maximum atomic E-state index is 13.0. The number of nitrogens with zero attached hydrogens (tertiary/aromatic N) is 1. The van der Waals surface area contributed by atoms with E-state index in [0.717, 1.165) is 16.7 Å². The van der Waals surface area contributed by atoms with Gasteiger partial charge in [-0.15, -0.1) is 0 Å². The average molecular weight is 406 g/mol. The second kappa shape index (κ2) is 10.3. The van der Waals surface area contributed by atoms with Crippen LogP contribution in [0.15, 0.2) is 89.8 Å². The van der Waals surface area contributed by atoms with E-state index in [9.17, 15) is 9.00 Å². The average Bonchev–Trinajstić information content (AvgIpc) is 2.74. The molecule has 0 aliphatic heterocycles. The summed E-state index contributed by atoms with van der Waals surface area (Å²) in [6, 6.07) is 27.5. The molecule has 3 rings (SSSR count). The Morgan fingerprint density at radius 1 is 0.828 bits per heavy atom. The van der Waals surface area contributed by atoms with Gasteiger partial charge in [-0.3, -0.25) is 13.9 Å². The zero-order valence-corrected chi connectivity index (χ0v) is 17.8. The summed E-state index contributed by atoms with van der Waals surface area (Å²) in [6.45, 7) is 5.24. The van der Waals surface area contributed by atoms with Gasteiger partial charge in [0, 0.05) is 18.0 Å². The monoisotopic (exact) mass is 405 g/mol. The molecule has 29 heavy (non-hydrogen) atoms. The van der Waals surface area contributed by atoms with Crippen molar-refractivity contribution in [2.75, 3.05) is 5.75 Å². The van der Waals surface area contributed by atoms with Crippen LogP contribution in [0.1, 0.15) is 23.6 Å². The van der Waals surface area contributed by atoms with Gasteiger partial charge in [-0.1, -0.05) is 78.4 Å². The first-order valence-electron chi connectivity index (χ1n) is 9.82.